The van der Waals surface area contributed by atoms with E-state index in [9.17, 15) is 84.9 Å². The molecule has 9 atom stereocenters. The number of aliphatic hydroxyl groups excluding tert-OH is 1. The van der Waals surface area contributed by atoms with Crippen molar-refractivity contribution in [1.82, 2.24) is 0 Å². The molecule has 7 aliphatic rings. The van der Waals surface area contributed by atoms with Crippen LogP contribution in [-0.2, 0) is 42.9 Å². The molecule has 9 rings (SSSR count). The lowest BCUT2D eigenvalue weighted by Crippen LogP contribution is -2.70. The van der Waals surface area contributed by atoms with Gasteiger partial charge in [0.05, 0.1) is 34.1 Å². The first-order valence-corrected chi connectivity index (χ1v) is 16.6. The number of ketones is 2. The number of aromatic hydroxyl groups is 4. The zero-order chi connectivity index (χ0) is 41.9. The lowest BCUT2D eigenvalue weighted by molar-refractivity contribution is -0.339. The first-order chi connectivity index (χ1) is 27.0. The van der Waals surface area contributed by atoms with E-state index in [0.717, 1.165) is 0 Å². The molecule has 304 valence electrons. The summed E-state index contributed by atoms with van der Waals surface area (Å²) >= 11 is 0. The maximum absolute atomic E-state index is 14.3. The number of aliphatic hydroxyl groups is 7. The van der Waals surface area contributed by atoms with Crippen LogP contribution >= 0.6 is 0 Å². The van der Waals surface area contributed by atoms with Crippen molar-refractivity contribution in [1.29, 1.82) is 0 Å². The Morgan fingerprint density at radius 1 is 0.569 bits per heavy atom. The molecule has 5 heterocycles. The van der Waals surface area contributed by atoms with Gasteiger partial charge in [0.25, 0.3) is 11.6 Å². The molecule has 5 aliphatic heterocycles. The van der Waals surface area contributed by atoms with Gasteiger partial charge in [-0.05, 0) is 24.3 Å². The fourth-order valence-corrected chi connectivity index (χ4v) is 8.10. The Balaban J connectivity index is 1.26. The molecule has 0 unspecified atom stereocenters. The summed E-state index contributed by atoms with van der Waals surface area (Å²) in [5.74, 6) is -37.5. The number of phenolic OH excluding ortho intramolecular Hbond substituents is 4. The largest absolute Gasteiger partial charge is 0.504 e. The number of carbonyl (C=O) groups is 6. The van der Waals surface area contributed by atoms with Gasteiger partial charge in [0.2, 0.25) is 23.1 Å². The molecule has 24 heteroatoms. The zero-order valence-corrected chi connectivity index (χ0v) is 28.3. The molecule has 2 aromatic carbocycles. The van der Waals surface area contributed by atoms with E-state index in [4.69, 9.17) is 33.2 Å². The third-order valence-electron chi connectivity index (χ3n) is 10.9. The second-order valence-electron chi connectivity index (χ2n) is 14.1. The van der Waals surface area contributed by atoms with E-state index in [0.29, 0.717) is 24.3 Å². The highest BCUT2D eigenvalue weighted by atomic mass is 16.7. The number of benzene rings is 2. The van der Waals surface area contributed by atoms with Crippen molar-refractivity contribution in [3.05, 3.63) is 57.7 Å². The first-order valence-electron chi connectivity index (χ1n) is 16.6. The van der Waals surface area contributed by atoms with Crippen LogP contribution in [0.5, 0.6) is 34.5 Å². The standard InChI is InChI=1S/C34H24O24/c35-10-1-6-15-17-8(3-13(37)33(50,31(17,46)47)57-22(15)19(10)39)26(41)52-5-12-21-24(55-27(6)42)25(30(45)53-12)56-28(43)7-2-11(36)20(40)23-16(7)18-9(29(44)54-21)4-14(38)34(51,58-23)32(18,48)49/h1-4,12,17-18,21,24-25,30,35-36,39-40,45-51H,5H2/t12-,17+,18+,21-,24+,25-,30-,33-,34-/m1/s1. The van der Waals surface area contributed by atoms with Crippen LogP contribution in [0.3, 0.4) is 0 Å². The van der Waals surface area contributed by atoms with E-state index >= 15 is 0 Å². The molecule has 24 nitrogen and oxygen atoms in total. The van der Waals surface area contributed by atoms with Crippen molar-refractivity contribution < 1.29 is 118 Å². The van der Waals surface area contributed by atoms with Gasteiger partial charge in [-0.1, -0.05) is 0 Å². The highest BCUT2D eigenvalue weighted by molar-refractivity contribution is 6.10. The number of hydrogen-bond acceptors (Lipinski definition) is 24. The Bertz CT molecular complexity index is 2430. The molecule has 1 fully saturated rings. The molecule has 0 radical (unpaired) electrons. The maximum atomic E-state index is 14.3. The van der Waals surface area contributed by atoms with Crippen LogP contribution in [0.15, 0.2) is 35.4 Å². The van der Waals surface area contributed by atoms with Crippen molar-refractivity contribution in [3.63, 3.8) is 0 Å². The van der Waals surface area contributed by atoms with Gasteiger partial charge in [-0.15, -0.1) is 0 Å². The predicted octanol–water partition coefficient (Wildman–Crippen LogP) is -4.83. The molecule has 2 aromatic rings. The van der Waals surface area contributed by atoms with Gasteiger partial charge in [0, 0.05) is 11.1 Å². The van der Waals surface area contributed by atoms with Gasteiger partial charge in [0.15, 0.2) is 47.6 Å². The highest BCUT2D eigenvalue weighted by Gasteiger charge is 2.72. The van der Waals surface area contributed by atoms with Crippen LogP contribution in [0.2, 0.25) is 0 Å². The number of fused-ring (bicyclic) bond motifs is 2. The monoisotopic (exact) mass is 816 g/mol. The number of cyclic esters (lactones) is 1. The minimum Gasteiger partial charge on any atom is -0.504 e. The molecule has 2 aliphatic carbocycles. The van der Waals surface area contributed by atoms with Crippen molar-refractivity contribution >= 4 is 35.4 Å². The summed E-state index contributed by atoms with van der Waals surface area (Å²) in [5, 5.41) is 121. The molecular formula is C34H24O24. The number of rotatable bonds is 0. The van der Waals surface area contributed by atoms with Gasteiger partial charge in [0.1, 0.15) is 12.7 Å². The lowest BCUT2D eigenvalue weighted by atomic mass is 9.70. The molecule has 8 bridgehead atoms. The van der Waals surface area contributed by atoms with Crippen molar-refractivity contribution in [3.8, 4) is 34.5 Å². The Morgan fingerprint density at radius 2 is 1.00 bits per heavy atom. The van der Waals surface area contributed by atoms with E-state index in [1.807, 2.05) is 0 Å². The summed E-state index contributed by atoms with van der Waals surface area (Å²) in [6.45, 7) is -1.18. The molecule has 0 aromatic heterocycles. The first kappa shape index (κ1) is 37.2. The fraction of sp³-hybridized carbons (Fsp3) is 0.353. The third-order valence-corrected chi connectivity index (χ3v) is 10.9. The molecular weight excluding hydrogens is 792 g/mol. The molecule has 58 heavy (non-hydrogen) atoms. The van der Waals surface area contributed by atoms with Crippen molar-refractivity contribution in [2.45, 2.75) is 65.7 Å². The summed E-state index contributed by atoms with van der Waals surface area (Å²) in [7, 11) is 0. The van der Waals surface area contributed by atoms with Gasteiger partial charge in [-0.3, -0.25) is 9.59 Å². The van der Waals surface area contributed by atoms with Crippen LogP contribution in [-0.4, -0.2) is 152 Å². The number of esters is 4. The molecule has 0 amide bonds. The average molecular weight is 817 g/mol. The van der Waals surface area contributed by atoms with Crippen molar-refractivity contribution in [2.75, 3.05) is 6.61 Å². The number of ether oxygens (including phenoxy) is 7. The highest BCUT2D eigenvalue weighted by Crippen LogP contribution is 2.60. The Morgan fingerprint density at radius 3 is 1.48 bits per heavy atom. The Labute approximate surface area is 318 Å². The van der Waals surface area contributed by atoms with Crippen LogP contribution in [0, 0.1) is 0 Å². The number of hydrogen-bond donors (Lipinski definition) is 11. The van der Waals surface area contributed by atoms with Crippen LogP contribution in [0.4, 0.5) is 0 Å². The maximum Gasteiger partial charge on any atom is 0.339 e. The zero-order valence-electron chi connectivity index (χ0n) is 28.3. The smallest absolute Gasteiger partial charge is 0.339 e. The fourth-order valence-electron chi connectivity index (χ4n) is 8.10. The van der Waals surface area contributed by atoms with E-state index < -0.39 is 176 Å². The average Bonchev–Trinajstić information content (AvgIpc) is 3.14. The van der Waals surface area contributed by atoms with Gasteiger partial charge in [-0.2, -0.15) is 0 Å². The Kier molecular flexibility index (Phi) is 7.31. The topological polar surface area (TPSA) is 390 Å². The normalized spacial score (nSPS) is 35.1. The second-order valence-corrected chi connectivity index (χ2v) is 14.1. The minimum absolute atomic E-state index is 0.317. The van der Waals surface area contributed by atoms with E-state index in [-0.39, 0.29) is 0 Å². The van der Waals surface area contributed by atoms with Gasteiger partial charge < -0.3 is 89.3 Å². The summed E-state index contributed by atoms with van der Waals surface area (Å²) < 4.78 is 37.5. The van der Waals surface area contributed by atoms with Crippen LogP contribution < -0.4 is 9.47 Å². The lowest BCUT2D eigenvalue weighted by Gasteiger charge is -2.49. The molecule has 0 spiro atoms. The number of carbonyl (C=O) groups excluding carboxylic acids is 6. The van der Waals surface area contributed by atoms with E-state index in [1.165, 1.54) is 0 Å². The second kappa shape index (κ2) is 11.4. The predicted molar refractivity (Wildman–Crippen MR) is 167 cm³/mol. The quantitative estimate of drug-likeness (QED) is 0.0514. The minimum atomic E-state index is -3.87. The Hall–Kier alpha value is -6.38. The number of phenols is 4. The summed E-state index contributed by atoms with van der Waals surface area (Å²) in [6, 6.07) is 0.923. The van der Waals surface area contributed by atoms with Gasteiger partial charge in [-0.25, -0.2) is 19.2 Å². The van der Waals surface area contributed by atoms with E-state index in [2.05, 4.69) is 0 Å². The SMILES string of the molecule is O=C1OC[C@H]2O[C@@H](O)[C@@H]3OC(=O)c4cc(O)c(O)c5c4[C@@H]4C(=CC(=O)[C@@](O)(O5)C4(O)O)C(=O)O[C@H]2[C@@H]3OC(=O)c2cc(O)c(O)c3c2[C@@H]2C1=CC(=O)[C@@](O)(O3)C2(O)O. The van der Waals surface area contributed by atoms with Crippen molar-refractivity contribution in [2.24, 2.45) is 0 Å². The van der Waals surface area contributed by atoms with Crippen LogP contribution in [0.1, 0.15) is 43.7 Å². The summed E-state index contributed by atoms with van der Waals surface area (Å²) in [6.07, 6.45) is -10.8. The molecule has 1 saturated heterocycles. The summed E-state index contributed by atoms with van der Waals surface area (Å²) in [4.78, 5) is 82.5. The third kappa shape index (κ3) is 4.44. The molecule has 0 saturated carbocycles. The van der Waals surface area contributed by atoms with E-state index in [1.54, 1.807) is 0 Å². The van der Waals surface area contributed by atoms with Gasteiger partial charge >= 0.3 is 35.5 Å². The van der Waals surface area contributed by atoms with Crippen LogP contribution in [0.25, 0.3) is 0 Å². The summed E-state index contributed by atoms with van der Waals surface area (Å²) in [5.41, 5.74) is -5.92. The molecule has 11 N–H and O–H groups in total.